The van der Waals surface area contributed by atoms with E-state index in [1.165, 1.54) is 0 Å². The van der Waals surface area contributed by atoms with Crippen LogP contribution in [-0.4, -0.2) is 27.4 Å². The van der Waals surface area contributed by atoms with Crippen molar-refractivity contribution in [1.29, 1.82) is 0 Å². The summed E-state index contributed by atoms with van der Waals surface area (Å²) in [5.41, 5.74) is 4.09. The van der Waals surface area contributed by atoms with Gasteiger partial charge in [-0.3, -0.25) is 4.98 Å². The Morgan fingerprint density at radius 3 is 2.63 bits per heavy atom. The van der Waals surface area contributed by atoms with Crippen molar-refractivity contribution in [2.75, 3.05) is 13.0 Å². The van der Waals surface area contributed by atoms with Crippen LogP contribution in [0.4, 0.5) is 0 Å². The second-order valence-electron chi connectivity index (χ2n) is 5.55. The molecule has 0 bridgehead atoms. The number of aromatic nitrogens is 2. The van der Waals surface area contributed by atoms with Gasteiger partial charge in [0.05, 0.1) is 12.4 Å². The molecule has 138 valence electrons. The molecule has 0 spiro atoms. The molecule has 0 aliphatic carbocycles. The summed E-state index contributed by atoms with van der Waals surface area (Å²) in [4.78, 5) is 8.78. The third-order valence-electron chi connectivity index (χ3n) is 3.87. The average Bonchev–Trinajstić information content (AvgIpc) is 2.72. The molecule has 2 aromatic heterocycles. The van der Waals surface area contributed by atoms with Crippen molar-refractivity contribution in [3.05, 3.63) is 78.2 Å². The molecule has 1 unspecified atom stereocenters. The first-order valence-corrected chi connectivity index (χ1v) is 10.1. The number of thioether (sulfide) groups is 1. The molecule has 0 saturated carbocycles. The number of hydrogen-bond donors (Lipinski definition) is 1. The first-order valence-electron chi connectivity index (χ1n) is 8.15. The number of thiocarbonyl (C=S) groups is 1. The van der Waals surface area contributed by atoms with Gasteiger partial charge in [-0.2, -0.15) is 0 Å². The van der Waals surface area contributed by atoms with E-state index in [0.29, 0.717) is 11.8 Å². The Morgan fingerprint density at radius 2 is 1.96 bits per heavy atom. The molecule has 3 aromatic rings. The average molecular weight is 415 g/mol. The number of benzene rings is 1. The van der Waals surface area contributed by atoms with Crippen molar-refractivity contribution in [3.8, 4) is 17.0 Å². The number of pyridine rings is 2. The van der Waals surface area contributed by atoms with Gasteiger partial charge in [0, 0.05) is 29.7 Å². The molecule has 0 saturated heterocycles. The second-order valence-corrected chi connectivity index (χ2v) is 7.67. The van der Waals surface area contributed by atoms with Crippen molar-refractivity contribution < 1.29 is 9.47 Å². The third kappa shape index (κ3) is 5.22. The van der Waals surface area contributed by atoms with E-state index in [4.69, 9.17) is 21.7 Å². The first-order chi connectivity index (χ1) is 13.2. The standard InChI is InChI=1S/C20H18N2O2S3/c1-23-19-17(10-16(12-22-19)14-6-3-2-4-7-14)18(27-13-24-20(25)26)15-8-5-9-21-11-15/h2-12,18H,13H2,1H3,(H,25,26). The van der Waals surface area contributed by atoms with Crippen LogP contribution in [0.3, 0.4) is 0 Å². The lowest BCUT2D eigenvalue weighted by Gasteiger charge is -2.20. The molecule has 3 rings (SSSR count). The maximum atomic E-state index is 5.54. The molecule has 0 radical (unpaired) electrons. The molecule has 7 heteroatoms. The van der Waals surface area contributed by atoms with Crippen molar-refractivity contribution in [1.82, 2.24) is 9.97 Å². The van der Waals surface area contributed by atoms with Crippen molar-refractivity contribution in [3.63, 3.8) is 0 Å². The highest BCUT2D eigenvalue weighted by molar-refractivity contribution is 8.10. The van der Waals surface area contributed by atoms with E-state index in [2.05, 4.69) is 40.8 Å². The summed E-state index contributed by atoms with van der Waals surface area (Å²) in [6, 6.07) is 16.2. The molecule has 0 N–H and O–H groups in total. The number of nitrogens with zero attached hydrogens (tertiary/aromatic N) is 2. The van der Waals surface area contributed by atoms with E-state index in [9.17, 15) is 0 Å². The molecular weight excluding hydrogens is 396 g/mol. The molecule has 27 heavy (non-hydrogen) atoms. The van der Waals surface area contributed by atoms with Gasteiger partial charge in [-0.05, 0) is 35.5 Å². The van der Waals surface area contributed by atoms with Crippen LogP contribution in [0.15, 0.2) is 67.1 Å². The summed E-state index contributed by atoms with van der Waals surface area (Å²) in [6.45, 7) is 0. The highest BCUT2D eigenvalue weighted by atomic mass is 32.2. The van der Waals surface area contributed by atoms with Crippen LogP contribution in [0, 0.1) is 0 Å². The smallest absolute Gasteiger partial charge is 0.217 e. The lowest BCUT2D eigenvalue weighted by Crippen LogP contribution is -2.05. The van der Waals surface area contributed by atoms with E-state index in [0.717, 1.165) is 22.3 Å². The Bertz CT molecular complexity index is 892. The summed E-state index contributed by atoms with van der Waals surface area (Å²) in [6.07, 6.45) is 5.41. The Morgan fingerprint density at radius 1 is 1.15 bits per heavy atom. The molecule has 1 atom stereocenters. The van der Waals surface area contributed by atoms with Gasteiger partial charge < -0.3 is 9.47 Å². The minimum atomic E-state index is -0.0764. The lowest BCUT2D eigenvalue weighted by atomic mass is 10.0. The number of rotatable bonds is 7. The number of methoxy groups -OCH3 is 1. The van der Waals surface area contributed by atoms with E-state index >= 15 is 0 Å². The monoisotopic (exact) mass is 414 g/mol. The first kappa shape index (κ1) is 19.7. The summed E-state index contributed by atoms with van der Waals surface area (Å²) in [5, 5.41) is -0.0764. The molecular formula is C20H18N2O2S3. The van der Waals surface area contributed by atoms with Crippen LogP contribution in [0.25, 0.3) is 11.1 Å². The summed E-state index contributed by atoms with van der Waals surface area (Å²) in [5.74, 6) is 0.935. The van der Waals surface area contributed by atoms with Gasteiger partial charge in [-0.1, -0.05) is 49.0 Å². The maximum Gasteiger partial charge on any atom is 0.217 e. The lowest BCUT2D eigenvalue weighted by molar-refractivity contribution is 0.392. The van der Waals surface area contributed by atoms with Crippen LogP contribution < -0.4 is 4.74 Å². The summed E-state index contributed by atoms with van der Waals surface area (Å²) >= 11 is 10.5. The van der Waals surface area contributed by atoms with E-state index in [1.807, 2.05) is 42.7 Å². The maximum absolute atomic E-state index is 5.54. The van der Waals surface area contributed by atoms with Gasteiger partial charge in [0.1, 0.15) is 5.94 Å². The summed E-state index contributed by atoms with van der Waals surface area (Å²) < 4.78 is 11.1. The zero-order valence-corrected chi connectivity index (χ0v) is 17.1. The quantitative estimate of drug-likeness (QED) is 0.327. The number of hydrogen-bond acceptors (Lipinski definition) is 6. The predicted octanol–water partition coefficient (Wildman–Crippen LogP) is 5.16. The highest BCUT2D eigenvalue weighted by Crippen LogP contribution is 2.40. The zero-order chi connectivity index (χ0) is 19.1. The minimum Gasteiger partial charge on any atom is -0.481 e. The normalized spacial score (nSPS) is 11.6. The predicted molar refractivity (Wildman–Crippen MR) is 117 cm³/mol. The summed E-state index contributed by atoms with van der Waals surface area (Å²) in [7, 11) is 1.62. The van der Waals surface area contributed by atoms with Gasteiger partial charge >= 0.3 is 0 Å². The van der Waals surface area contributed by atoms with Gasteiger partial charge in [0.25, 0.3) is 0 Å². The van der Waals surface area contributed by atoms with Crippen LogP contribution in [-0.2, 0) is 4.74 Å². The van der Waals surface area contributed by atoms with Gasteiger partial charge in [0.15, 0.2) is 0 Å². The molecule has 0 fully saturated rings. The molecule has 1 aromatic carbocycles. The largest absolute Gasteiger partial charge is 0.481 e. The van der Waals surface area contributed by atoms with Crippen LogP contribution in [0.5, 0.6) is 5.88 Å². The van der Waals surface area contributed by atoms with Crippen LogP contribution in [0.2, 0.25) is 0 Å². The van der Waals surface area contributed by atoms with Crippen LogP contribution >= 0.6 is 36.6 Å². The zero-order valence-electron chi connectivity index (χ0n) is 14.6. The highest BCUT2D eigenvalue weighted by Gasteiger charge is 2.21. The van der Waals surface area contributed by atoms with E-state index < -0.39 is 0 Å². The Labute approximate surface area is 173 Å². The van der Waals surface area contributed by atoms with E-state index in [1.54, 1.807) is 25.1 Å². The molecule has 2 heterocycles. The van der Waals surface area contributed by atoms with Crippen molar-refractivity contribution >= 4 is 41.0 Å². The van der Waals surface area contributed by atoms with Crippen molar-refractivity contribution in [2.24, 2.45) is 0 Å². The fraction of sp³-hybridized carbons (Fsp3) is 0.150. The van der Waals surface area contributed by atoms with Gasteiger partial charge in [-0.25, -0.2) is 4.98 Å². The topological polar surface area (TPSA) is 44.2 Å². The number of ether oxygens (including phenoxy) is 2. The molecule has 0 aliphatic heterocycles. The van der Waals surface area contributed by atoms with Gasteiger partial charge in [0.2, 0.25) is 10.3 Å². The molecule has 0 aliphatic rings. The van der Waals surface area contributed by atoms with Crippen molar-refractivity contribution in [2.45, 2.75) is 5.25 Å². The fourth-order valence-electron chi connectivity index (χ4n) is 2.67. The fourth-order valence-corrected chi connectivity index (χ4v) is 3.95. The van der Waals surface area contributed by atoms with Crippen LogP contribution in [0.1, 0.15) is 16.4 Å². The Kier molecular flexibility index (Phi) is 7.09. The SMILES string of the molecule is COc1ncc(-c2ccccc2)cc1C(SCOC(=S)S)c1cccnc1. The van der Waals surface area contributed by atoms with E-state index in [-0.39, 0.29) is 9.63 Å². The minimum absolute atomic E-state index is 0.0764. The second kappa shape index (κ2) is 9.73. The Hall–Kier alpha value is -2.09. The third-order valence-corrected chi connectivity index (χ3v) is 5.23. The van der Waals surface area contributed by atoms with Gasteiger partial charge in [-0.15, -0.1) is 11.8 Å². The molecule has 0 amide bonds. The Balaban J connectivity index is 2.02. The molecule has 4 nitrogen and oxygen atoms in total. The number of thiol groups is 1.